The van der Waals surface area contributed by atoms with Gasteiger partial charge in [-0.1, -0.05) is 37.3 Å². The second-order valence-corrected chi connectivity index (χ2v) is 7.79. The molecule has 2 aromatic carbocycles. The third kappa shape index (κ3) is 4.59. The third-order valence-corrected chi connectivity index (χ3v) is 5.71. The monoisotopic (exact) mass is 429 g/mol. The molecule has 0 bridgehead atoms. The zero-order chi connectivity index (χ0) is 22.5. The average Bonchev–Trinajstić information content (AvgIpc) is 3.48. The number of benzene rings is 2. The zero-order valence-corrected chi connectivity index (χ0v) is 18.4. The molecule has 2 N–H and O–H groups in total. The molecule has 0 radical (unpaired) electrons. The van der Waals surface area contributed by atoms with Crippen LogP contribution in [0.2, 0.25) is 0 Å². The van der Waals surface area contributed by atoms with Gasteiger partial charge in [0.15, 0.2) is 0 Å². The van der Waals surface area contributed by atoms with Crippen LogP contribution in [-0.2, 0) is 30.7 Å². The number of rotatable bonds is 8. The molecule has 4 rings (SSSR count). The number of amides is 2. The van der Waals surface area contributed by atoms with Crippen LogP contribution in [0.25, 0.3) is 10.9 Å². The lowest BCUT2D eigenvalue weighted by molar-refractivity contribution is -0.132. The molecule has 164 valence electrons. The first kappa shape index (κ1) is 21.4. The van der Waals surface area contributed by atoms with Crippen molar-refractivity contribution in [3.63, 3.8) is 0 Å². The summed E-state index contributed by atoms with van der Waals surface area (Å²) in [5.74, 6) is 0.609. The minimum atomic E-state index is -0.133. The van der Waals surface area contributed by atoms with Crippen molar-refractivity contribution < 1.29 is 14.0 Å². The van der Waals surface area contributed by atoms with Gasteiger partial charge < -0.3 is 19.6 Å². The average molecular weight is 430 g/mol. The fourth-order valence-electron chi connectivity index (χ4n) is 3.94. The Bertz CT molecular complexity index is 1210. The van der Waals surface area contributed by atoms with Crippen molar-refractivity contribution in [3.8, 4) is 0 Å². The summed E-state index contributed by atoms with van der Waals surface area (Å²) in [6.07, 6.45) is 4.78. The molecule has 32 heavy (non-hydrogen) atoms. The Morgan fingerprint density at radius 3 is 2.50 bits per heavy atom. The number of aryl methyl sites for hydroxylation is 1. The summed E-state index contributed by atoms with van der Waals surface area (Å²) in [4.78, 5) is 30.3. The molecule has 0 saturated carbocycles. The summed E-state index contributed by atoms with van der Waals surface area (Å²) in [6.45, 7) is 2.93. The SMILES string of the molecule is CCc1cccc2c(CC(=O)N(Cc3ccc(C(=O)NC)cc3)Cc3ccco3)c[nH]c12. The van der Waals surface area contributed by atoms with Gasteiger partial charge in [0, 0.05) is 36.3 Å². The Balaban J connectivity index is 1.56. The molecule has 6 heteroatoms. The summed E-state index contributed by atoms with van der Waals surface area (Å²) in [6, 6.07) is 17.2. The van der Waals surface area contributed by atoms with E-state index in [1.54, 1.807) is 30.3 Å². The second-order valence-electron chi connectivity index (χ2n) is 7.79. The van der Waals surface area contributed by atoms with Crippen molar-refractivity contribution in [1.82, 2.24) is 15.2 Å². The number of aromatic amines is 1. The number of fused-ring (bicyclic) bond motifs is 1. The molecule has 0 saturated heterocycles. The molecule has 0 unspecified atom stereocenters. The minimum absolute atomic E-state index is 0.0135. The van der Waals surface area contributed by atoms with E-state index in [9.17, 15) is 9.59 Å². The molecule has 0 aliphatic carbocycles. The Kier molecular flexibility index (Phi) is 6.40. The van der Waals surface area contributed by atoms with Crippen LogP contribution in [0.15, 0.2) is 71.5 Å². The first-order chi connectivity index (χ1) is 15.6. The fourth-order valence-corrected chi connectivity index (χ4v) is 3.94. The predicted octanol–water partition coefficient (Wildman–Crippen LogP) is 4.45. The van der Waals surface area contributed by atoms with E-state index < -0.39 is 0 Å². The lowest BCUT2D eigenvalue weighted by atomic mass is 10.0. The van der Waals surface area contributed by atoms with Gasteiger partial charge in [0.1, 0.15) is 5.76 Å². The van der Waals surface area contributed by atoms with Crippen LogP contribution in [0.4, 0.5) is 0 Å². The molecule has 0 aliphatic rings. The largest absolute Gasteiger partial charge is 0.467 e. The van der Waals surface area contributed by atoms with Gasteiger partial charge in [0.25, 0.3) is 5.91 Å². The van der Waals surface area contributed by atoms with Gasteiger partial charge >= 0.3 is 0 Å². The molecule has 2 amide bonds. The summed E-state index contributed by atoms with van der Waals surface area (Å²) >= 11 is 0. The van der Waals surface area contributed by atoms with Gasteiger partial charge in [-0.25, -0.2) is 0 Å². The minimum Gasteiger partial charge on any atom is -0.467 e. The van der Waals surface area contributed by atoms with Crippen molar-refractivity contribution >= 4 is 22.7 Å². The lowest BCUT2D eigenvalue weighted by Crippen LogP contribution is -2.31. The van der Waals surface area contributed by atoms with Gasteiger partial charge in [-0.05, 0) is 47.4 Å². The number of carbonyl (C=O) groups is 2. The van der Waals surface area contributed by atoms with Crippen LogP contribution in [0.5, 0.6) is 0 Å². The molecule has 0 aliphatic heterocycles. The highest BCUT2D eigenvalue weighted by molar-refractivity contribution is 5.94. The molecule has 2 aromatic heterocycles. The van der Waals surface area contributed by atoms with Gasteiger partial charge in [-0.15, -0.1) is 0 Å². The highest BCUT2D eigenvalue weighted by Gasteiger charge is 2.19. The number of carbonyl (C=O) groups excluding carboxylic acids is 2. The number of nitrogens with zero attached hydrogens (tertiary/aromatic N) is 1. The van der Waals surface area contributed by atoms with Crippen LogP contribution < -0.4 is 5.32 Å². The number of aromatic nitrogens is 1. The fraction of sp³-hybridized carbons (Fsp3) is 0.231. The number of hydrogen-bond acceptors (Lipinski definition) is 3. The van der Waals surface area contributed by atoms with E-state index in [1.807, 2.05) is 36.5 Å². The van der Waals surface area contributed by atoms with E-state index >= 15 is 0 Å². The van der Waals surface area contributed by atoms with E-state index in [-0.39, 0.29) is 11.8 Å². The van der Waals surface area contributed by atoms with Gasteiger partial charge in [0.05, 0.1) is 19.2 Å². The smallest absolute Gasteiger partial charge is 0.251 e. The third-order valence-electron chi connectivity index (χ3n) is 5.71. The molecule has 4 aromatic rings. The van der Waals surface area contributed by atoms with Crippen LogP contribution in [0.1, 0.15) is 39.7 Å². The van der Waals surface area contributed by atoms with Crippen LogP contribution in [-0.4, -0.2) is 28.7 Å². The number of H-pyrrole nitrogens is 1. The first-order valence-corrected chi connectivity index (χ1v) is 10.8. The Labute approximate surface area is 187 Å². The number of para-hydroxylation sites is 1. The Morgan fingerprint density at radius 2 is 1.81 bits per heavy atom. The summed E-state index contributed by atoms with van der Waals surface area (Å²) in [7, 11) is 1.61. The van der Waals surface area contributed by atoms with Gasteiger partial charge in [-0.3, -0.25) is 9.59 Å². The maximum atomic E-state index is 13.4. The van der Waals surface area contributed by atoms with Crippen molar-refractivity contribution in [2.24, 2.45) is 0 Å². The highest BCUT2D eigenvalue weighted by atomic mass is 16.3. The normalized spacial score (nSPS) is 10.9. The Morgan fingerprint density at radius 1 is 1.00 bits per heavy atom. The quantitative estimate of drug-likeness (QED) is 0.434. The summed E-state index contributed by atoms with van der Waals surface area (Å²) in [5.41, 5.74) is 4.86. The molecule has 2 heterocycles. The number of hydrogen-bond donors (Lipinski definition) is 2. The molecule has 6 nitrogen and oxygen atoms in total. The predicted molar refractivity (Wildman–Crippen MR) is 124 cm³/mol. The lowest BCUT2D eigenvalue weighted by Gasteiger charge is -2.22. The highest BCUT2D eigenvalue weighted by Crippen LogP contribution is 2.24. The van der Waals surface area contributed by atoms with Crippen molar-refractivity contribution in [2.45, 2.75) is 32.9 Å². The van der Waals surface area contributed by atoms with E-state index in [2.05, 4.69) is 29.4 Å². The maximum Gasteiger partial charge on any atom is 0.251 e. The van der Waals surface area contributed by atoms with Crippen LogP contribution >= 0.6 is 0 Å². The topological polar surface area (TPSA) is 78.3 Å². The van der Waals surface area contributed by atoms with E-state index in [1.165, 1.54) is 5.56 Å². The van der Waals surface area contributed by atoms with Crippen LogP contribution in [0.3, 0.4) is 0 Å². The van der Waals surface area contributed by atoms with E-state index in [0.717, 1.165) is 34.2 Å². The van der Waals surface area contributed by atoms with E-state index in [4.69, 9.17) is 4.42 Å². The van der Waals surface area contributed by atoms with Gasteiger partial charge in [0.2, 0.25) is 5.91 Å². The standard InChI is InChI=1S/C26H27N3O3/c1-3-19-6-4-8-23-21(15-28-25(19)23)14-24(30)29(17-22-7-5-13-32-22)16-18-9-11-20(12-10-18)26(31)27-2/h4-13,15,28H,3,14,16-17H2,1-2H3,(H,27,31). The first-order valence-electron chi connectivity index (χ1n) is 10.8. The van der Waals surface area contributed by atoms with Crippen molar-refractivity contribution in [3.05, 3.63) is 95.1 Å². The van der Waals surface area contributed by atoms with Gasteiger partial charge in [-0.2, -0.15) is 0 Å². The molecule has 0 fully saturated rings. The molecule has 0 atom stereocenters. The summed E-state index contributed by atoms with van der Waals surface area (Å²) in [5, 5.41) is 3.71. The second kappa shape index (κ2) is 9.56. The summed E-state index contributed by atoms with van der Waals surface area (Å²) < 4.78 is 5.50. The van der Waals surface area contributed by atoms with Crippen LogP contribution in [0, 0.1) is 0 Å². The number of nitrogens with one attached hydrogen (secondary N) is 2. The molecular weight excluding hydrogens is 402 g/mol. The zero-order valence-electron chi connectivity index (χ0n) is 18.4. The van der Waals surface area contributed by atoms with E-state index in [0.29, 0.717) is 25.1 Å². The molecular formula is C26H27N3O3. The molecule has 0 spiro atoms. The Hall–Kier alpha value is -3.80. The maximum absolute atomic E-state index is 13.4. The van der Waals surface area contributed by atoms with Crippen molar-refractivity contribution in [1.29, 1.82) is 0 Å². The van der Waals surface area contributed by atoms with Crippen molar-refractivity contribution in [2.75, 3.05) is 7.05 Å². The number of furan rings is 1.